The molecule has 1 heterocycles. The molecule has 0 bridgehead atoms. The van der Waals surface area contributed by atoms with E-state index in [1.54, 1.807) is 0 Å². The van der Waals surface area contributed by atoms with Gasteiger partial charge in [-0.3, -0.25) is 4.98 Å². The highest BCUT2D eigenvalue weighted by Crippen LogP contribution is 2.26. The molecule has 2 rings (SSSR count). The summed E-state index contributed by atoms with van der Waals surface area (Å²) in [5.74, 6) is 0.816. The van der Waals surface area contributed by atoms with Crippen LogP contribution in [0.25, 0.3) is 0 Å². The summed E-state index contributed by atoms with van der Waals surface area (Å²) in [6.07, 6.45) is 5.92. The highest BCUT2D eigenvalue weighted by molar-refractivity contribution is 5.08. The Bertz CT molecular complexity index is 297. The molecule has 1 N–H and O–H groups in total. The van der Waals surface area contributed by atoms with Gasteiger partial charge in [-0.25, -0.2) is 0 Å². The lowest BCUT2D eigenvalue weighted by molar-refractivity contribution is 0.385. The van der Waals surface area contributed by atoms with Crippen molar-refractivity contribution in [2.45, 2.75) is 45.2 Å². The summed E-state index contributed by atoms with van der Waals surface area (Å²) in [4.78, 5) is 4.38. The van der Waals surface area contributed by atoms with E-state index < -0.39 is 0 Å². The molecule has 1 aromatic heterocycles. The van der Waals surface area contributed by atoms with E-state index in [-0.39, 0.29) is 0 Å². The Kier molecular flexibility index (Phi) is 3.37. The summed E-state index contributed by atoms with van der Waals surface area (Å²) in [7, 11) is 0. The standard InChI is InChI=1S/C13H20N2/c1-10-6-5-8-12(10)15-11(2)13-7-3-4-9-14-13/h3-4,7,9-12,15H,5-6,8H2,1-2H3/t10-,11+,12+/m1/s1. The first kappa shape index (κ1) is 10.6. The van der Waals surface area contributed by atoms with Crippen LogP contribution in [0.15, 0.2) is 24.4 Å². The molecule has 0 aromatic carbocycles. The number of pyridine rings is 1. The van der Waals surface area contributed by atoms with Gasteiger partial charge in [-0.1, -0.05) is 19.4 Å². The van der Waals surface area contributed by atoms with E-state index in [4.69, 9.17) is 0 Å². The van der Waals surface area contributed by atoms with Crippen LogP contribution in [0.2, 0.25) is 0 Å². The lowest BCUT2D eigenvalue weighted by Gasteiger charge is -2.22. The van der Waals surface area contributed by atoms with Gasteiger partial charge in [0.2, 0.25) is 0 Å². The van der Waals surface area contributed by atoms with Crippen molar-refractivity contribution < 1.29 is 0 Å². The fourth-order valence-electron chi connectivity index (χ4n) is 2.43. The molecule has 1 saturated carbocycles. The van der Waals surface area contributed by atoms with E-state index in [2.05, 4.69) is 36.3 Å². The maximum atomic E-state index is 4.38. The van der Waals surface area contributed by atoms with E-state index in [9.17, 15) is 0 Å². The van der Waals surface area contributed by atoms with Crippen LogP contribution < -0.4 is 5.32 Å². The highest BCUT2D eigenvalue weighted by atomic mass is 15.0. The fraction of sp³-hybridized carbons (Fsp3) is 0.615. The third-order valence-electron chi connectivity index (χ3n) is 3.46. The predicted molar refractivity (Wildman–Crippen MR) is 62.6 cm³/mol. The molecule has 0 radical (unpaired) electrons. The van der Waals surface area contributed by atoms with Gasteiger partial charge in [0.25, 0.3) is 0 Å². The highest BCUT2D eigenvalue weighted by Gasteiger charge is 2.24. The first-order valence-corrected chi connectivity index (χ1v) is 5.94. The summed E-state index contributed by atoms with van der Waals surface area (Å²) < 4.78 is 0. The van der Waals surface area contributed by atoms with Gasteiger partial charge in [-0.05, 0) is 37.8 Å². The molecule has 15 heavy (non-hydrogen) atoms. The van der Waals surface area contributed by atoms with Crippen molar-refractivity contribution in [3.63, 3.8) is 0 Å². The monoisotopic (exact) mass is 204 g/mol. The van der Waals surface area contributed by atoms with Crippen LogP contribution in [0.1, 0.15) is 44.8 Å². The second-order valence-electron chi connectivity index (χ2n) is 4.66. The van der Waals surface area contributed by atoms with E-state index >= 15 is 0 Å². The molecule has 2 heteroatoms. The van der Waals surface area contributed by atoms with Gasteiger partial charge in [0.1, 0.15) is 0 Å². The van der Waals surface area contributed by atoms with Gasteiger partial charge in [-0.2, -0.15) is 0 Å². The average molecular weight is 204 g/mol. The largest absolute Gasteiger partial charge is 0.306 e. The van der Waals surface area contributed by atoms with Crippen molar-refractivity contribution >= 4 is 0 Å². The van der Waals surface area contributed by atoms with E-state index in [0.29, 0.717) is 12.1 Å². The second kappa shape index (κ2) is 4.75. The summed E-state index contributed by atoms with van der Waals surface area (Å²) in [6.45, 7) is 4.54. The molecular formula is C13H20N2. The Labute approximate surface area is 92.1 Å². The van der Waals surface area contributed by atoms with Crippen molar-refractivity contribution in [2.24, 2.45) is 5.92 Å². The lowest BCUT2D eigenvalue weighted by Crippen LogP contribution is -2.33. The molecule has 1 aliphatic rings. The van der Waals surface area contributed by atoms with Crippen molar-refractivity contribution in [3.05, 3.63) is 30.1 Å². The first-order valence-electron chi connectivity index (χ1n) is 5.94. The molecule has 0 spiro atoms. The Hall–Kier alpha value is -0.890. The Morgan fingerprint density at radius 2 is 2.27 bits per heavy atom. The van der Waals surface area contributed by atoms with Crippen LogP contribution in [0.5, 0.6) is 0 Å². The number of aromatic nitrogens is 1. The van der Waals surface area contributed by atoms with Gasteiger partial charge in [0, 0.05) is 18.3 Å². The number of rotatable bonds is 3. The van der Waals surface area contributed by atoms with Crippen LogP contribution in [0.3, 0.4) is 0 Å². The summed E-state index contributed by atoms with van der Waals surface area (Å²) >= 11 is 0. The third-order valence-corrected chi connectivity index (χ3v) is 3.46. The zero-order valence-corrected chi connectivity index (χ0v) is 9.61. The smallest absolute Gasteiger partial charge is 0.0570 e. The molecule has 0 saturated heterocycles. The normalized spacial score (nSPS) is 27.9. The number of nitrogens with zero attached hydrogens (tertiary/aromatic N) is 1. The van der Waals surface area contributed by atoms with Crippen LogP contribution in [-0.4, -0.2) is 11.0 Å². The second-order valence-corrected chi connectivity index (χ2v) is 4.66. The Morgan fingerprint density at radius 1 is 1.40 bits per heavy atom. The van der Waals surface area contributed by atoms with E-state index in [0.717, 1.165) is 11.6 Å². The van der Waals surface area contributed by atoms with Crippen LogP contribution in [0, 0.1) is 5.92 Å². The van der Waals surface area contributed by atoms with Gasteiger partial charge < -0.3 is 5.32 Å². The SMILES string of the molecule is C[C@H](N[C@H]1CCC[C@H]1C)c1ccccn1. The van der Waals surface area contributed by atoms with Gasteiger partial charge >= 0.3 is 0 Å². The molecule has 0 unspecified atom stereocenters. The number of hydrogen-bond acceptors (Lipinski definition) is 2. The molecule has 0 amide bonds. The first-order chi connectivity index (χ1) is 7.27. The minimum atomic E-state index is 0.372. The summed E-state index contributed by atoms with van der Waals surface area (Å²) in [6, 6.07) is 7.17. The maximum Gasteiger partial charge on any atom is 0.0570 e. The van der Waals surface area contributed by atoms with E-state index in [1.165, 1.54) is 19.3 Å². The molecule has 1 fully saturated rings. The van der Waals surface area contributed by atoms with Crippen molar-refractivity contribution in [2.75, 3.05) is 0 Å². The maximum absolute atomic E-state index is 4.38. The summed E-state index contributed by atoms with van der Waals surface area (Å²) in [5, 5.41) is 3.68. The zero-order chi connectivity index (χ0) is 10.7. The molecule has 1 aromatic rings. The number of nitrogens with one attached hydrogen (secondary N) is 1. The molecular weight excluding hydrogens is 184 g/mol. The van der Waals surface area contributed by atoms with Gasteiger partial charge in [0.05, 0.1) is 5.69 Å². The van der Waals surface area contributed by atoms with Crippen molar-refractivity contribution in [1.82, 2.24) is 10.3 Å². The molecule has 1 aliphatic carbocycles. The zero-order valence-electron chi connectivity index (χ0n) is 9.61. The number of hydrogen-bond donors (Lipinski definition) is 1. The van der Waals surface area contributed by atoms with E-state index in [1.807, 2.05) is 12.3 Å². The minimum absolute atomic E-state index is 0.372. The summed E-state index contributed by atoms with van der Waals surface area (Å²) in [5.41, 5.74) is 1.15. The average Bonchev–Trinajstić information content (AvgIpc) is 2.66. The van der Waals surface area contributed by atoms with Crippen LogP contribution >= 0.6 is 0 Å². The molecule has 0 aliphatic heterocycles. The fourth-order valence-corrected chi connectivity index (χ4v) is 2.43. The van der Waals surface area contributed by atoms with Crippen molar-refractivity contribution in [1.29, 1.82) is 0 Å². The lowest BCUT2D eigenvalue weighted by atomic mass is 10.0. The van der Waals surface area contributed by atoms with Gasteiger partial charge in [-0.15, -0.1) is 0 Å². The Morgan fingerprint density at radius 3 is 2.87 bits per heavy atom. The van der Waals surface area contributed by atoms with Crippen LogP contribution in [-0.2, 0) is 0 Å². The van der Waals surface area contributed by atoms with Crippen molar-refractivity contribution in [3.8, 4) is 0 Å². The molecule has 2 nitrogen and oxygen atoms in total. The molecule has 82 valence electrons. The topological polar surface area (TPSA) is 24.9 Å². The predicted octanol–water partition coefficient (Wildman–Crippen LogP) is 2.92. The third kappa shape index (κ3) is 2.57. The molecule has 3 atom stereocenters. The Balaban J connectivity index is 1.95. The quantitative estimate of drug-likeness (QED) is 0.819. The minimum Gasteiger partial charge on any atom is -0.306 e. The van der Waals surface area contributed by atoms with Crippen LogP contribution in [0.4, 0.5) is 0 Å². The van der Waals surface area contributed by atoms with Gasteiger partial charge in [0.15, 0.2) is 0 Å².